The van der Waals surface area contributed by atoms with E-state index in [0.29, 0.717) is 5.56 Å². The molecule has 0 amide bonds. The lowest BCUT2D eigenvalue weighted by molar-refractivity contribution is -0.151. The summed E-state index contributed by atoms with van der Waals surface area (Å²) >= 11 is 1.32. The number of benzene rings is 1. The molecule has 1 aromatic rings. The minimum atomic E-state index is -0.466. The number of carbonyl (C=O) groups excluding carboxylic acids is 1. The fourth-order valence-electron chi connectivity index (χ4n) is 1.19. The number of ether oxygens (including phenoxy) is 1. The molecule has 0 saturated carbocycles. The lowest BCUT2D eigenvalue weighted by atomic mass is 10.2. The van der Waals surface area contributed by atoms with Crippen molar-refractivity contribution < 1.29 is 9.53 Å². The molecule has 0 atom stereocenters. The van der Waals surface area contributed by atoms with Gasteiger partial charge in [0.25, 0.3) is 0 Å². The van der Waals surface area contributed by atoms with Gasteiger partial charge < -0.3 is 4.74 Å². The Morgan fingerprint density at radius 2 is 2.06 bits per heavy atom. The number of nitrogens with zero attached hydrogens (tertiary/aromatic N) is 1. The molecular weight excluding hydrogens is 234 g/mol. The Bertz CT molecular complexity index is 443. The second kappa shape index (κ2) is 5.74. The largest absolute Gasteiger partial charge is 0.459 e. The van der Waals surface area contributed by atoms with Gasteiger partial charge in [-0.05, 0) is 32.9 Å². The lowest BCUT2D eigenvalue weighted by Crippen LogP contribution is -2.24. The van der Waals surface area contributed by atoms with E-state index in [1.54, 1.807) is 12.1 Å². The molecule has 0 saturated heterocycles. The van der Waals surface area contributed by atoms with Crippen molar-refractivity contribution in [3.05, 3.63) is 29.8 Å². The number of hydrogen-bond donors (Lipinski definition) is 0. The zero-order valence-electron chi connectivity index (χ0n) is 10.2. The van der Waals surface area contributed by atoms with Crippen LogP contribution in [-0.4, -0.2) is 17.3 Å². The van der Waals surface area contributed by atoms with Crippen molar-refractivity contribution >= 4 is 17.7 Å². The third kappa shape index (κ3) is 4.92. The highest BCUT2D eigenvalue weighted by molar-refractivity contribution is 8.00. The van der Waals surface area contributed by atoms with Crippen molar-refractivity contribution in [1.82, 2.24) is 0 Å². The van der Waals surface area contributed by atoms with Crippen LogP contribution in [0.1, 0.15) is 26.3 Å². The smallest absolute Gasteiger partial charge is 0.316 e. The zero-order chi connectivity index (χ0) is 12.9. The highest BCUT2D eigenvalue weighted by Crippen LogP contribution is 2.22. The second-order valence-electron chi connectivity index (χ2n) is 4.48. The van der Waals surface area contributed by atoms with Crippen LogP contribution in [0.4, 0.5) is 0 Å². The molecule has 1 aromatic carbocycles. The van der Waals surface area contributed by atoms with Crippen LogP contribution < -0.4 is 0 Å². The monoisotopic (exact) mass is 249 g/mol. The Balaban J connectivity index is 2.57. The van der Waals surface area contributed by atoms with Crippen molar-refractivity contribution in [2.45, 2.75) is 31.3 Å². The first kappa shape index (κ1) is 13.6. The molecule has 3 nitrogen and oxygen atoms in total. The van der Waals surface area contributed by atoms with Crippen LogP contribution in [0, 0.1) is 11.3 Å². The highest BCUT2D eigenvalue weighted by atomic mass is 32.2. The Labute approximate surface area is 106 Å². The van der Waals surface area contributed by atoms with Gasteiger partial charge in [0, 0.05) is 4.90 Å². The third-order valence-corrected chi connectivity index (χ3v) is 2.82. The molecule has 0 unspecified atom stereocenters. The van der Waals surface area contributed by atoms with Crippen molar-refractivity contribution in [2.75, 3.05) is 5.75 Å². The van der Waals surface area contributed by atoms with Crippen molar-refractivity contribution in [3.8, 4) is 6.07 Å². The Hall–Kier alpha value is -1.47. The lowest BCUT2D eigenvalue weighted by Gasteiger charge is -2.19. The van der Waals surface area contributed by atoms with Gasteiger partial charge in [-0.25, -0.2) is 0 Å². The predicted octanol–water partition coefficient (Wildman–Crippen LogP) is 2.99. The Morgan fingerprint density at radius 1 is 1.41 bits per heavy atom. The number of esters is 1. The summed E-state index contributed by atoms with van der Waals surface area (Å²) in [7, 11) is 0. The van der Waals surface area contributed by atoms with Crippen LogP contribution >= 0.6 is 11.8 Å². The highest BCUT2D eigenvalue weighted by Gasteiger charge is 2.16. The molecule has 0 aliphatic heterocycles. The van der Waals surface area contributed by atoms with E-state index in [-0.39, 0.29) is 11.7 Å². The molecule has 17 heavy (non-hydrogen) atoms. The van der Waals surface area contributed by atoms with E-state index in [1.165, 1.54) is 11.8 Å². The van der Waals surface area contributed by atoms with E-state index < -0.39 is 5.60 Å². The van der Waals surface area contributed by atoms with E-state index in [0.717, 1.165) is 4.90 Å². The number of hydrogen-bond acceptors (Lipinski definition) is 4. The molecule has 0 aliphatic rings. The van der Waals surface area contributed by atoms with Gasteiger partial charge in [0.15, 0.2) is 0 Å². The molecule has 0 aromatic heterocycles. The van der Waals surface area contributed by atoms with Gasteiger partial charge >= 0.3 is 5.97 Å². The van der Waals surface area contributed by atoms with Crippen molar-refractivity contribution in [2.24, 2.45) is 0 Å². The molecule has 0 bridgehead atoms. The summed E-state index contributed by atoms with van der Waals surface area (Å²) in [6.07, 6.45) is 0. The van der Waals surface area contributed by atoms with Crippen molar-refractivity contribution in [3.63, 3.8) is 0 Å². The van der Waals surface area contributed by atoms with Crippen LogP contribution in [0.25, 0.3) is 0 Å². The summed E-state index contributed by atoms with van der Waals surface area (Å²) in [5, 5.41) is 8.89. The number of carbonyl (C=O) groups is 1. The zero-order valence-corrected chi connectivity index (χ0v) is 11.0. The molecule has 0 aliphatic carbocycles. The summed E-state index contributed by atoms with van der Waals surface area (Å²) in [4.78, 5) is 12.3. The summed E-state index contributed by atoms with van der Waals surface area (Å²) in [5.74, 6) is -0.0501. The molecule has 0 spiro atoms. The predicted molar refractivity (Wildman–Crippen MR) is 67.7 cm³/mol. The van der Waals surface area contributed by atoms with E-state index >= 15 is 0 Å². The standard InChI is InChI=1S/C13H15NO2S/c1-13(2,3)16-12(15)9-17-11-7-5-4-6-10(11)8-14/h4-7H,9H2,1-3H3. The maximum atomic E-state index is 11.5. The Morgan fingerprint density at radius 3 is 2.65 bits per heavy atom. The summed E-state index contributed by atoms with van der Waals surface area (Å²) in [5.41, 5.74) is 0.118. The molecule has 0 heterocycles. The minimum absolute atomic E-state index is 0.218. The normalized spacial score (nSPS) is 10.7. The molecule has 4 heteroatoms. The third-order valence-electron chi connectivity index (χ3n) is 1.77. The Kier molecular flexibility index (Phi) is 4.59. The first-order valence-electron chi connectivity index (χ1n) is 5.26. The molecule has 90 valence electrons. The van der Waals surface area contributed by atoms with Gasteiger partial charge in [0.2, 0.25) is 0 Å². The van der Waals surface area contributed by atoms with E-state index in [9.17, 15) is 4.79 Å². The van der Waals surface area contributed by atoms with Crippen LogP contribution in [0.5, 0.6) is 0 Å². The van der Waals surface area contributed by atoms with Gasteiger partial charge in [-0.3, -0.25) is 4.79 Å². The molecule has 0 N–H and O–H groups in total. The summed E-state index contributed by atoms with van der Waals surface area (Å²) in [6, 6.07) is 9.30. The SMILES string of the molecule is CC(C)(C)OC(=O)CSc1ccccc1C#N. The van der Waals surface area contributed by atoms with Gasteiger partial charge in [-0.2, -0.15) is 5.26 Å². The summed E-state index contributed by atoms with van der Waals surface area (Å²) in [6.45, 7) is 5.50. The first-order chi connectivity index (χ1) is 7.92. The topological polar surface area (TPSA) is 50.1 Å². The maximum Gasteiger partial charge on any atom is 0.316 e. The van der Waals surface area contributed by atoms with E-state index in [4.69, 9.17) is 10.00 Å². The van der Waals surface area contributed by atoms with Gasteiger partial charge in [0.05, 0.1) is 11.3 Å². The van der Waals surface area contributed by atoms with Gasteiger partial charge in [-0.1, -0.05) is 12.1 Å². The average molecular weight is 249 g/mol. The van der Waals surface area contributed by atoms with Crippen LogP contribution in [-0.2, 0) is 9.53 Å². The molecule has 0 fully saturated rings. The number of rotatable bonds is 3. The average Bonchev–Trinajstić information content (AvgIpc) is 2.24. The maximum absolute atomic E-state index is 11.5. The quantitative estimate of drug-likeness (QED) is 0.610. The molecule has 1 rings (SSSR count). The first-order valence-corrected chi connectivity index (χ1v) is 6.25. The number of nitriles is 1. The fourth-order valence-corrected chi connectivity index (χ4v) is 1.97. The van der Waals surface area contributed by atoms with Gasteiger partial charge in [-0.15, -0.1) is 11.8 Å². The summed E-state index contributed by atoms with van der Waals surface area (Å²) < 4.78 is 5.19. The van der Waals surface area contributed by atoms with E-state index in [1.807, 2.05) is 32.9 Å². The van der Waals surface area contributed by atoms with Crippen LogP contribution in [0.3, 0.4) is 0 Å². The number of thioether (sulfide) groups is 1. The van der Waals surface area contributed by atoms with Crippen LogP contribution in [0.2, 0.25) is 0 Å². The minimum Gasteiger partial charge on any atom is -0.459 e. The molecule has 0 radical (unpaired) electrons. The van der Waals surface area contributed by atoms with E-state index in [2.05, 4.69) is 6.07 Å². The van der Waals surface area contributed by atoms with Crippen LogP contribution in [0.15, 0.2) is 29.2 Å². The second-order valence-corrected chi connectivity index (χ2v) is 5.50. The van der Waals surface area contributed by atoms with Crippen molar-refractivity contribution in [1.29, 1.82) is 5.26 Å². The fraction of sp³-hybridized carbons (Fsp3) is 0.385. The molecular formula is C13H15NO2S. The van der Waals surface area contributed by atoms with Gasteiger partial charge in [0.1, 0.15) is 11.7 Å².